The van der Waals surface area contributed by atoms with Crippen LogP contribution in [0, 0.1) is 20.8 Å². The van der Waals surface area contributed by atoms with Crippen molar-refractivity contribution >= 4 is 5.65 Å². The summed E-state index contributed by atoms with van der Waals surface area (Å²) in [5.74, 6) is 0. The lowest BCUT2D eigenvalue weighted by molar-refractivity contribution is 0.314. The number of rotatable bonds is 4. The quantitative estimate of drug-likeness (QED) is 0.740. The Labute approximate surface area is 142 Å². The van der Waals surface area contributed by atoms with Crippen LogP contribution < -0.4 is 5.56 Å². The molecule has 0 aliphatic rings. The molecule has 0 saturated heterocycles. The number of nitrogens with zero attached hydrogens (tertiary/aromatic N) is 3. The van der Waals surface area contributed by atoms with Gasteiger partial charge in [-0.25, -0.2) is 4.98 Å². The second-order valence-corrected chi connectivity index (χ2v) is 6.57. The van der Waals surface area contributed by atoms with E-state index in [0.29, 0.717) is 6.54 Å². The van der Waals surface area contributed by atoms with Crippen molar-refractivity contribution in [3.05, 3.63) is 80.9 Å². The number of aromatic nitrogens is 2. The number of fused-ring (bicyclic) bond motifs is 1. The van der Waals surface area contributed by atoms with E-state index in [4.69, 9.17) is 0 Å². The van der Waals surface area contributed by atoms with E-state index in [1.807, 2.05) is 19.1 Å². The fraction of sp³-hybridized carbons (Fsp3) is 0.300. The minimum atomic E-state index is -0.0291. The maximum Gasteiger partial charge on any atom is 0.258 e. The summed E-state index contributed by atoms with van der Waals surface area (Å²) in [6.07, 6.45) is 1.76. The van der Waals surface area contributed by atoms with Gasteiger partial charge in [-0.1, -0.05) is 29.8 Å². The third kappa shape index (κ3) is 3.39. The topological polar surface area (TPSA) is 37.6 Å². The van der Waals surface area contributed by atoms with E-state index in [-0.39, 0.29) is 5.56 Å². The molecule has 0 bridgehead atoms. The molecular formula is C20H23N3O. The van der Waals surface area contributed by atoms with Crippen LogP contribution in [0.3, 0.4) is 0 Å². The Morgan fingerprint density at radius 1 is 1.04 bits per heavy atom. The third-order valence-electron chi connectivity index (χ3n) is 4.31. The molecule has 0 saturated carbocycles. The molecule has 0 spiro atoms. The Balaban J connectivity index is 1.84. The molecule has 0 radical (unpaired) electrons. The number of hydrogen-bond acceptors (Lipinski definition) is 3. The molecule has 4 heteroatoms. The maximum absolute atomic E-state index is 12.3. The molecule has 0 aliphatic heterocycles. The molecule has 0 unspecified atom stereocenters. The second kappa shape index (κ2) is 6.57. The van der Waals surface area contributed by atoms with Crippen molar-refractivity contribution in [1.29, 1.82) is 0 Å². The molecule has 124 valence electrons. The summed E-state index contributed by atoms with van der Waals surface area (Å²) < 4.78 is 1.60. The Hall–Kier alpha value is -2.46. The van der Waals surface area contributed by atoms with Gasteiger partial charge in [-0.3, -0.25) is 14.1 Å². The van der Waals surface area contributed by atoms with Gasteiger partial charge in [-0.05, 0) is 50.6 Å². The fourth-order valence-electron chi connectivity index (χ4n) is 3.04. The van der Waals surface area contributed by atoms with Crippen LogP contribution in [0.4, 0.5) is 0 Å². The molecule has 24 heavy (non-hydrogen) atoms. The minimum absolute atomic E-state index is 0.0291. The summed E-state index contributed by atoms with van der Waals surface area (Å²) in [5.41, 5.74) is 6.40. The highest BCUT2D eigenvalue weighted by molar-refractivity contribution is 5.46. The van der Waals surface area contributed by atoms with Gasteiger partial charge in [0.05, 0.1) is 5.69 Å². The van der Waals surface area contributed by atoms with Crippen LogP contribution in [0.15, 0.2) is 47.4 Å². The van der Waals surface area contributed by atoms with Gasteiger partial charge in [0.1, 0.15) is 5.65 Å². The average molecular weight is 321 g/mol. The molecular weight excluding hydrogens is 298 g/mol. The Morgan fingerprint density at radius 3 is 2.58 bits per heavy atom. The molecule has 0 N–H and O–H groups in total. The summed E-state index contributed by atoms with van der Waals surface area (Å²) >= 11 is 0. The monoisotopic (exact) mass is 321 g/mol. The van der Waals surface area contributed by atoms with E-state index < -0.39 is 0 Å². The van der Waals surface area contributed by atoms with Crippen LogP contribution in [0.2, 0.25) is 0 Å². The van der Waals surface area contributed by atoms with Gasteiger partial charge in [0, 0.05) is 25.4 Å². The maximum atomic E-state index is 12.3. The lowest BCUT2D eigenvalue weighted by Gasteiger charge is -2.18. The fourth-order valence-corrected chi connectivity index (χ4v) is 3.04. The molecule has 3 aromatic rings. The molecule has 0 amide bonds. The Morgan fingerprint density at radius 2 is 1.83 bits per heavy atom. The smallest absolute Gasteiger partial charge is 0.258 e. The number of hydrogen-bond donors (Lipinski definition) is 0. The van der Waals surface area contributed by atoms with Crippen LogP contribution in [0.1, 0.15) is 27.9 Å². The SMILES string of the molecule is Cc1ccc(CN(C)Cc2cc(=O)n3cccc(C)c3n2)c(C)c1. The van der Waals surface area contributed by atoms with Crippen LogP contribution in [-0.4, -0.2) is 21.3 Å². The van der Waals surface area contributed by atoms with Gasteiger partial charge in [0.2, 0.25) is 0 Å². The summed E-state index contributed by atoms with van der Waals surface area (Å²) in [5, 5.41) is 0. The van der Waals surface area contributed by atoms with Crippen molar-refractivity contribution in [3.63, 3.8) is 0 Å². The first kappa shape index (κ1) is 16.4. The summed E-state index contributed by atoms with van der Waals surface area (Å²) in [6, 6.07) is 12.0. The van der Waals surface area contributed by atoms with Gasteiger partial charge >= 0.3 is 0 Å². The highest BCUT2D eigenvalue weighted by Gasteiger charge is 2.08. The molecule has 0 fully saturated rings. The molecule has 0 aliphatic carbocycles. The number of aryl methyl sites for hydroxylation is 3. The van der Waals surface area contributed by atoms with E-state index in [1.165, 1.54) is 16.7 Å². The third-order valence-corrected chi connectivity index (χ3v) is 4.31. The van der Waals surface area contributed by atoms with Crippen molar-refractivity contribution in [2.75, 3.05) is 7.05 Å². The zero-order chi connectivity index (χ0) is 17.3. The van der Waals surface area contributed by atoms with Crippen LogP contribution in [0.5, 0.6) is 0 Å². The zero-order valence-corrected chi connectivity index (χ0v) is 14.7. The molecule has 1 aromatic carbocycles. The first-order chi connectivity index (χ1) is 11.4. The number of pyridine rings is 1. The Bertz CT molecular complexity index is 943. The lowest BCUT2D eigenvalue weighted by Crippen LogP contribution is -2.22. The standard InChI is InChI=1S/C20H23N3O/c1-14-7-8-17(16(3)10-14)12-22(4)13-18-11-19(24)23-9-5-6-15(2)20(23)21-18/h5-11H,12-13H2,1-4H3. The summed E-state index contributed by atoms with van der Waals surface area (Å²) in [7, 11) is 2.06. The van der Waals surface area contributed by atoms with Crippen LogP contribution >= 0.6 is 0 Å². The van der Waals surface area contributed by atoms with Crippen molar-refractivity contribution in [2.45, 2.75) is 33.9 Å². The first-order valence-corrected chi connectivity index (χ1v) is 8.16. The largest absolute Gasteiger partial charge is 0.296 e. The van der Waals surface area contributed by atoms with Gasteiger partial charge in [0.25, 0.3) is 5.56 Å². The van der Waals surface area contributed by atoms with E-state index in [0.717, 1.165) is 23.4 Å². The normalized spacial score (nSPS) is 11.4. The molecule has 0 atom stereocenters. The van der Waals surface area contributed by atoms with Crippen LogP contribution in [-0.2, 0) is 13.1 Å². The van der Waals surface area contributed by atoms with Crippen molar-refractivity contribution in [1.82, 2.24) is 14.3 Å². The molecule has 2 aromatic heterocycles. The van der Waals surface area contributed by atoms with E-state index in [9.17, 15) is 4.79 Å². The van der Waals surface area contributed by atoms with Gasteiger partial charge in [0.15, 0.2) is 0 Å². The highest BCUT2D eigenvalue weighted by Crippen LogP contribution is 2.14. The van der Waals surface area contributed by atoms with Crippen molar-refractivity contribution in [3.8, 4) is 0 Å². The highest BCUT2D eigenvalue weighted by atomic mass is 16.1. The van der Waals surface area contributed by atoms with Crippen molar-refractivity contribution in [2.24, 2.45) is 0 Å². The van der Waals surface area contributed by atoms with Gasteiger partial charge in [-0.15, -0.1) is 0 Å². The van der Waals surface area contributed by atoms with Crippen LogP contribution in [0.25, 0.3) is 5.65 Å². The van der Waals surface area contributed by atoms with E-state index in [1.54, 1.807) is 16.7 Å². The number of benzene rings is 1. The molecule has 2 heterocycles. The zero-order valence-electron chi connectivity index (χ0n) is 14.7. The van der Waals surface area contributed by atoms with Gasteiger partial charge < -0.3 is 0 Å². The van der Waals surface area contributed by atoms with Crippen molar-refractivity contribution < 1.29 is 0 Å². The Kier molecular flexibility index (Phi) is 4.49. The molecule has 4 nitrogen and oxygen atoms in total. The minimum Gasteiger partial charge on any atom is -0.296 e. The van der Waals surface area contributed by atoms with Gasteiger partial charge in [-0.2, -0.15) is 0 Å². The predicted octanol–water partition coefficient (Wildman–Crippen LogP) is 3.25. The lowest BCUT2D eigenvalue weighted by atomic mass is 10.1. The second-order valence-electron chi connectivity index (χ2n) is 6.57. The van der Waals surface area contributed by atoms with E-state index >= 15 is 0 Å². The van der Waals surface area contributed by atoms with E-state index in [2.05, 4.69) is 49.0 Å². The molecule has 3 rings (SSSR count). The average Bonchev–Trinajstić information content (AvgIpc) is 2.51. The first-order valence-electron chi connectivity index (χ1n) is 8.16. The summed E-state index contributed by atoms with van der Waals surface area (Å²) in [6.45, 7) is 7.70. The predicted molar refractivity (Wildman–Crippen MR) is 97.3 cm³/mol. The summed E-state index contributed by atoms with van der Waals surface area (Å²) in [4.78, 5) is 19.2.